The first-order chi connectivity index (χ1) is 11.9. The van der Waals surface area contributed by atoms with Crippen LogP contribution in [0.25, 0.3) is 0 Å². The normalized spacial score (nSPS) is 18.0. The van der Waals surface area contributed by atoms with Crippen LogP contribution in [0.3, 0.4) is 0 Å². The molecule has 3 heteroatoms. The van der Waals surface area contributed by atoms with E-state index < -0.39 is 0 Å². The second-order valence-corrected chi connectivity index (χ2v) is 7.43. The van der Waals surface area contributed by atoms with Crippen LogP contribution in [0, 0.1) is 6.92 Å². The summed E-state index contributed by atoms with van der Waals surface area (Å²) in [4.78, 5) is 0. The van der Waals surface area contributed by atoms with E-state index >= 15 is 0 Å². The summed E-state index contributed by atoms with van der Waals surface area (Å²) in [6.45, 7) is 10.7. The molecule has 0 amide bonds. The molecule has 1 fully saturated rings. The molecule has 2 unspecified atom stereocenters. The molecule has 0 N–H and O–H groups in total. The fourth-order valence-electron chi connectivity index (χ4n) is 2.80. The van der Waals surface area contributed by atoms with Gasteiger partial charge >= 0.3 is 0 Å². The highest BCUT2D eigenvalue weighted by molar-refractivity contribution is 5.40. The van der Waals surface area contributed by atoms with E-state index in [9.17, 15) is 0 Å². The largest absolute Gasteiger partial charge is 0.491 e. The smallest absolute Gasteiger partial charge is 0.119 e. The Morgan fingerprint density at radius 3 is 2.16 bits per heavy atom. The number of benzene rings is 2. The van der Waals surface area contributed by atoms with E-state index in [-0.39, 0.29) is 11.5 Å². The third kappa shape index (κ3) is 4.83. The molecular weight excluding hydrogens is 312 g/mol. The third-order valence-corrected chi connectivity index (χ3v) is 4.80. The Hall–Kier alpha value is -1.84. The van der Waals surface area contributed by atoms with Crippen LogP contribution in [0.2, 0.25) is 0 Å². The molecular formula is C22H28O3. The standard InChI is InChI=1S/C22H28O3/c1-16-5-7-18(8-6-16)22(3,4)19-9-11-20(12-10-19)24-13-17(2)23-14-21-15-25-21/h5-12,17,21H,13-15H2,1-4H3. The van der Waals surface area contributed by atoms with Gasteiger partial charge in [0.05, 0.1) is 19.3 Å². The highest BCUT2D eigenvalue weighted by Crippen LogP contribution is 2.32. The fraction of sp³-hybridized carbons (Fsp3) is 0.455. The van der Waals surface area contributed by atoms with E-state index in [1.165, 1.54) is 16.7 Å². The lowest BCUT2D eigenvalue weighted by Crippen LogP contribution is -2.21. The second kappa shape index (κ2) is 7.59. The van der Waals surface area contributed by atoms with Crippen molar-refractivity contribution in [1.82, 2.24) is 0 Å². The molecule has 2 aromatic rings. The lowest BCUT2D eigenvalue weighted by molar-refractivity contribution is 0.0241. The summed E-state index contributed by atoms with van der Waals surface area (Å²) in [6.07, 6.45) is 0.360. The molecule has 0 radical (unpaired) electrons. The molecule has 3 nitrogen and oxygen atoms in total. The maximum Gasteiger partial charge on any atom is 0.119 e. The summed E-state index contributed by atoms with van der Waals surface area (Å²) in [7, 11) is 0. The zero-order valence-electron chi connectivity index (χ0n) is 15.6. The Balaban J connectivity index is 1.58. The molecule has 1 aliphatic rings. The molecule has 0 saturated carbocycles. The number of aryl methyl sites for hydroxylation is 1. The van der Waals surface area contributed by atoms with Crippen molar-refractivity contribution < 1.29 is 14.2 Å². The van der Waals surface area contributed by atoms with Crippen LogP contribution < -0.4 is 4.74 Å². The van der Waals surface area contributed by atoms with Gasteiger partial charge in [0.15, 0.2) is 0 Å². The quantitative estimate of drug-likeness (QED) is 0.663. The molecule has 1 saturated heterocycles. The maximum absolute atomic E-state index is 5.84. The van der Waals surface area contributed by atoms with Crippen LogP contribution >= 0.6 is 0 Å². The summed E-state index contributed by atoms with van der Waals surface area (Å²) in [5, 5.41) is 0. The number of ether oxygens (including phenoxy) is 3. The lowest BCUT2D eigenvalue weighted by Gasteiger charge is -2.26. The van der Waals surface area contributed by atoms with Crippen molar-refractivity contribution in [3.63, 3.8) is 0 Å². The average molecular weight is 340 g/mol. The molecule has 1 aliphatic heterocycles. The Kier molecular flexibility index (Phi) is 5.45. The number of hydrogen-bond donors (Lipinski definition) is 0. The molecule has 25 heavy (non-hydrogen) atoms. The molecule has 134 valence electrons. The van der Waals surface area contributed by atoms with Gasteiger partial charge in [0.2, 0.25) is 0 Å². The molecule has 0 bridgehead atoms. The van der Waals surface area contributed by atoms with E-state index in [1.54, 1.807) is 0 Å². The zero-order chi connectivity index (χ0) is 17.9. The van der Waals surface area contributed by atoms with Gasteiger partial charge < -0.3 is 14.2 Å². The monoisotopic (exact) mass is 340 g/mol. The summed E-state index contributed by atoms with van der Waals surface area (Å²) >= 11 is 0. The van der Waals surface area contributed by atoms with Gasteiger partial charge in [-0.3, -0.25) is 0 Å². The predicted molar refractivity (Wildman–Crippen MR) is 100 cm³/mol. The van der Waals surface area contributed by atoms with Crippen molar-refractivity contribution >= 4 is 0 Å². The van der Waals surface area contributed by atoms with Crippen molar-refractivity contribution in [1.29, 1.82) is 0 Å². The minimum Gasteiger partial charge on any atom is -0.491 e. The van der Waals surface area contributed by atoms with Gasteiger partial charge in [-0.15, -0.1) is 0 Å². The summed E-state index contributed by atoms with van der Waals surface area (Å²) in [5.74, 6) is 0.876. The Bertz CT molecular complexity index is 669. The van der Waals surface area contributed by atoms with E-state index in [1.807, 2.05) is 19.1 Å². The van der Waals surface area contributed by atoms with Gasteiger partial charge in [0.25, 0.3) is 0 Å². The van der Waals surface area contributed by atoms with Crippen molar-refractivity contribution in [3.8, 4) is 5.75 Å². The first kappa shape index (κ1) is 18.0. The highest BCUT2D eigenvalue weighted by atomic mass is 16.6. The van der Waals surface area contributed by atoms with E-state index in [0.29, 0.717) is 19.3 Å². The zero-order valence-corrected chi connectivity index (χ0v) is 15.6. The van der Waals surface area contributed by atoms with Crippen LogP contribution in [0.1, 0.15) is 37.5 Å². The van der Waals surface area contributed by atoms with Crippen molar-refractivity contribution in [2.75, 3.05) is 19.8 Å². The van der Waals surface area contributed by atoms with Gasteiger partial charge in [0, 0.05) is 5.41 Å². The van der Waals surface area contributed by atoms with Crippen molar-refractivity contribution in [3.05, 3.63) is 65.2 Å². The molecule has 2 atom stereocenters. The van der Waals surface area contributed by atoms with Crippen LogP contribution in [0.15, 0.2) is 48.5 Å². The topological polar surface area (TPSA) is 31.0 Å². The summed E-state index contributed by atoms with van der Waals surface area (Å²) < 4.78 is 16.7. The minimum absolute atomic E-state index is 0.0348. The Morgan fingerprint density at radius 1 is 1.04 bits per heavy atom. The summed E-state index contributed by atoms with van der Waals surface area (Å²) in [6, 6.07) is 17.2. The predicted octanol–water partition coefficient (Wildman–Crippen LogP) is 4.50. The number of epoxide rings is 1. The van der Waals surface area contributed by atoms with Crippen LogP contribution in [0.5, 0.6) is 5.75 Å². The van der Waals surface area contributed by atoms with E-state index in [0.717, 1.165) is 12.4 Å². The first-order valence-electron chi connectivity index (χ1n) is 8.99. The molecule has 0 aromatic heterocycles. The van der Waals surface area contributed by atoms with Gasteiger partial charge in [-0.2, -0.15) is 0 Å². The Morgan fingerprint density at radius 2 is 1.60 bits per heavy atom. The van der Waals surface area contributed by atoms with E-state index in [2.05, 4.69) is 57.2 Å². The second-order valence-electron chi connectivity index (χ2n) is 7.43. The van der Waals surface area contributed by atoms with Gasteiger partial charge in [0.1, 0.15) is 18.5 Å². The van der Waals surface area contributed by atoms with Crippen molar-refractivity contribution in [2.24, 2.45) is 0 Å². The SMILES string of the molecule is Cc1ccc(C(C)(C)c2ccc(OCC(C)OCC3CO3)cc2)cc1. The minimum atomic E-state index is -0.0348. The van der Waals surface area contributed by atoms with Gasteiger partial charge in [-0.05, 0) is 37.1 Å². The van der Waals surface area contributed by atoms with Crippen LogP contribution in [-0.4, -0.2) is 32.0 Å². The van der Waals surface area contributed by atoms with Crippen LogP contribution in [-0.2, 0) is 14.9 Å². The number of hydrogen-bond acceptors (Lipinski definition) is 3. The van der Waals surface area contributed by atoms with Gasteiger partial charge in [-0.25, -0.2) is 0 Å². The fourth-order valence-corrected chi connectivity index (χ4v) is 2.80. The molecule has 1 heterocycles. The average Bonchev–Trinajstić information content (AvgIpc) is 3.43. The number of rotatable bonds is 8. The molecule has 2 aromatic carbocycles. The molecule has 3 rings (SSSR count). The molecule has 0 aliphatic carbocycles. The van der Waals surface area contributed by atoms with Crippen LogP contribution in [0.4, 0.5) is 0 Å². The van der Waals surface area contributed by atoms with E-state index in [4.69, 9.17) is 14.2 Å². The summed E-state index contributed by atoms with van der Waals surface area (Å²) in [5.41, 5.74) is 3.84. The highest BCUT2D eigenvalue weighted by Gasteiger charge is 2.24. The third-order valence-electron chi connectivity index (χ3n) is 4.80. The van der Waals surface area contributed by atoms with Gasteiger partial charge in [-0.1, -0.05) is 55.8 Å². The Labute approximate surface area is 150 Å². The maximum atomic E-state index is 5.84. The van der Waals surface area contributed by atoms with Crippen molar-refractivity contribution in [2.45, 2.75) is 45.3 Å². The molecule has 0 spiro atoms. The lowest BCUT2D eigenvalue weighted by atomic mass is 9.78. The first-order valence-corrected chi connectivity index (χ1v) is 8.99.